The summed E-state index contributed by atoms with van der Waals surface area (Å²) in [4.78, 5) is 14.6. The van der Waals surface area contributed by atoms with Crippen molar-refractivity contribution >= 4 is 11.8 Å². The second-order valence-corrected chi connectivity index (χ2v) is 8.30. The van der Waals surface area contributed by atoms with Crippen molar-refractivity contribution in [1.82, 2.24) is 15.3 Å². The summed E-state index contributed by atoms with van der Waals surface area (Å²) < 4.78 is 48.3. The predicted octanol–water partition coefficient (Wildman–Crippen LogP) is 5.54. The molecular weight excluding hydrogens is 443 g/mol. The van der Waals surface area contributed by atoms with E-state index in [0.29, 0.717) is 29.3 Å². The fraction of sp³-hybridized carbons (Fsp3) is 0.227. The largest absolute Gasteiger partial charge is 0.438 e. The van der Waals surface area contributed by atoms with Gasteiger partial charge in [0.15, 0.2) is 11.6 Å². The number of aromatic amines is 1. The lowest BCUT2D eigenvalue weighted by atomic mass is 10.1. The van der Waals surface area contributed by atoms with E-state index >= 15 is 0 Å². The molecule has 4 aromatic rings. The standard InChI is InChI=1S/C22H18F3N3O3S/c1-12-9-17(8-5-15(12)10-19-26-21(29)31-28-19)32-11-18-13(2)20(30-27-18)14-3-6-16(7-4-14)22(23,24)25/h3-9H,10-11H2,1-2H3,(H,26,28,29). The Hall–Kier alpha value is -3.27. The van der Waals surface area contributed by atoms with Crippen molar-refractivity contribution in [3.05, 3.63) is 86.8 Å². The summed E-state index contributed by atoms with van der Waals surface area (Å²) >= 11 is 1.57. The van der Waals surface area contributed by atoms with E-state index in [1.807, 2.05) is 32.0 Å². The van der Waals surface area contributed by atoms with Crippen molar-refractivity contribution in [3.63, 3.8) is 0 Å². The van der Waals surface area contributed by atoms with Crippen LogP contribution in [0, 0.1) is 13.8 Å². The van der Waals surface area contributed by atoms with Gasteiger partial charge in [-0.2, -0.15) is 13.2 Å². The van der Waals surface area contributed by atoms with E-state index in [-0.39, 0.29) is 0 Å². The maximum atomic E-state index is 12.8. The van der Waals surface area contributed by atoms with Crippen LogP contribution < -0.4 is 5.76 Å². The summed E-state index contributed by atoms with van der Waals surface area (Å²) in [6.45, 7) is 3.81. The third kappa shape index (κ3) is 4.80. The number of hydrogen-bond donors (Lipinski definition) is 1. The van der Waals surface area contributed by atoms with Gasteiger partial charge in [0, 0.05) is 28.2 Å². The van der Waals surface area contributed by atoms with Gasteiger partial charge in [0.05, 0.1) is 11.3 Å². The van der Waals surface area contributed by atoms with E-state index in [4.69, 9.17) is 4.52 Å². The molecule has 2 aromatic carbocycles. The summed E-state index contributed by atoms with van der Waals surface area (Å²) in [6.07, 6.45) is -3.92. The van der Waals surface area contributed by atoms with Crippen LogP contribution in [0.1, 0.15) is 33.8 Å². The first-order valence-electron chi connectivity index (χ1n) is 9.60. The number of hydrogen-bond acceptors (Lipinski definition) is 6. The highest BCUT2D eigenvalue weighted by atomic mass is 32.2. The van der Waals surface area contributed by atoms with E-state index in [1.165, 1.54) is 12.1 Å². The highest BCUT2D eigenvalue weighted by Crippen LogP contribution is 2.34. The number of aryl methyl sites for hydroxylation is 1. The molecule has 0 fully saturated rings. The van der Waals surface area contributed by atoms with Gasteiger partial charge in [0.1, 0.15) is 0 Å². The van der Waals surface area contributed by atoms with Gasteiger partial charge in [-0.1, -0.05) is 28.5 Å². The molecule has 6 nitrogen and oxygen atoms in total. The molecule has 2 aromatic heterocycles. The molecule has 0 aliphatic rings. The molecule has 1 N–H and O–H groups in total. The van der Waals surface area contributed by atoms with Crippen LogP contribution in [0.15, 0.2) is 61.2 Å². The number of aromatic nitrogens is 3. The Morgan fingerprint density at radius 3 is 2.41 bits per heavy atom. The number of nitrogens with one attached hydrogen (secondary N) is 1. The molecule has 0 radical (unpaired) electrons. The molecule has 0 amide bonds. The Bertz CT molecular complexity index is 1290. The maximum Gasteiger partial charge on any atom is 0.438 e. The summed E-state index contributed by atoms with van der Waals surface area (Å²) in [7, 11) is 0. The molecule has 4 rings (SSSR count). The number of H-pyrrole nitrogens is 1. The van der Waals surface area contributed by atoms with Crippen molar-refractivity contribution in [2.24, 2.45) is 0 Å². The van der Waals surface area contributed by atoms with Gasteiger partial charge in [0.25, 0.3) is 0 Å². The van der Waals surface area contributed by atoms with E-state index in [9.17, 15) is 18.0 Å². The molecule has 32 heavy (non-hydrogen) atoms. The topological polar surface area (TPSA) is 84.9 Å². The number of alkyl halides is 3. The average molecular weight is 461 g/mol. The zero-order valence-corrected chi connectivity index (χ0v) is 17.9. The molecule has 0 aliphatic carbocycles. The zero-order chi connectivity index (χ0) is 22.9. The third-order valence-corrected chi connectivity index (χ3v) is 6.03. The van der Waals surface area contributed by atoms with Gasteiger partial charge in [-0.15, -0.1) is 11.8 Å². The first-order valence-corrected chi connectivity index (χ1v) is 10.6. The summed E-state index contributed by atoms with van der Waals surface area (Å²) in [6, 6.07) is 10.8. The monoisotopic (exact) mass is 461 g/mol. The minimum atomic E-state index is -4.38. The SMILES string of the molecule is Cc1cc(SCc2noc(-c3ccc(C(F)(F)F)cc3)c2C)ccc1Cc1noc(=O)[nH]1. The molecular formula is C22H18F3N3O3S. The smallest absolute Gasteiger partial charge is 0.356 e. The van der Waals surface area contributed by atoms with Crippen LogP contribution in [0.2, 0.25) is 0 Å². The van der Waals surface area contributed by atoms with Gasteiger partial charge in [-0.05, 0) is 49.2 Å². The second kappa shape index (κ2) is 8.70. The number of halogens is 3. The lowest BCUT2D eigenvalue weighted by Gasteiger charge is -2.07. The molecule has 0 spiro atoms. The van der Waals surface area contributed by atoms with Gasteiger partial charge in [-0.3, -0.25) is 9.51 Å². The zero-order valence-electron chi connectivity index (χ0n) is 17.1. The lowest BCUT2D eigenvalue weighted by molar-refractivity contribution is -0.137. The quantitative estimate of drug-likeness (QED) is 0.380. The van der Waals surface area contributed by atoms with E-state index in [1.54, 1.807) is 11.8 Å². The van der Waals surface area contributed by atoms with Crippen molar-refractivity contribution in [2.75, 3.05) is 0 Å². The van der Waals surface area contributed by atoms with Gasteiger partial charge in [-0.25, -0.2) is 4.79 Å². The number of nitrogens with zero attached hydrogens (tertiary/aromatic N) is 2. The van der Waals surface area contributed by atoms with Crippen LogP contribution in [0.3, 0.4) is 0 Å². The van der Waals surface area contributed by atoms with Crippen LogP contribution in [0.5, 0.6) is 0 Å². The van der Waals surface area contributed by atoms with Crippen molar-refractivity contribution in [3.8, 4) is 11.3 Å². The Morgan fingerprint density at radius 1 is 1.03 bits per heavy atom. The number of benzene rings is 2. The minimum absolute atomic E-state index is 0.460. The molecule has 0 saturated heterocycles. The highest BCUT2D eigenvalue weighted by Gasteiger charge is 2.30. The number of rotatable bonds is 6. The van der Waals surface area contributed by atoms with Gasteiger partial charge in [0.2, 0.25) is 0 Å². The van der Waals surface area contributed by atoms with Crippen molar-refractivity contribution < 1.29 is 22.2 Å². The average Bonchev–Trinajstić information content (AvgIpc) is 3.33. The molecule has 2 heterocycles. The maximum absolute atomic E-state index is 12.8. The van der Waals surface area contributed by atoms with Gasteiger partial charge < -0.3 is 4.52 Å². The fourth-order valence-corrected chi connectivity index (χ4v) is 4.21. The molecule has 10 heteroatoms. The predicted molar refractivity (Wildman–Crippen MR) is 112 cm³/mol. The second-order valence-electron chi connectivity index (χ2n) is 7.25. The van der Waals surface area contributed by atoms with Crippen LogP contribution in [0.25, 0.3) is 11.3 Å². The summed E-state index contributed by atoms with van der Waals surface area (Å²) in [5.41, 5.74) is 3.42. The summed E-state index contributed by atoms with van der Waals surface area (Å²) in [5.74, 6) is 0.893. The highest BCUT2D eigenvalue weighted by molar-refractivity contribution is 7.98. The molecule has 0 aliphatic heterocycles. The van der Waals surface area contributed by atoms with Gasteiger partial charge >= 0.3 is 11.9 Å². The molecule has 166 valence electrons. The normalized spacial score (nSPS) is 11.8. The Labute approximate surface area is 184 Å². The fourth-order valence-electron chi connectivity index (χ4n) is 3.21. The Balaban J connectivity index is 1.44. The number of thioether (sulfide) groups is 1. The first kappa shape index (κ1) is 21.9. The summed E-state index contributed by atoms with van der Waals surface area (Å²) in [5, 5.41) is 7.79. The van der Waals surface area contributed by atoms with E-state index in [0.717, 1.165) is 39.4 Å². The van der Waals surface area contributed by atoms with Crippen LogP contribution in [-0.2, 0) is 18.3 Å². The Morgan fingerprint density at radius 2 is 1.78 bits per heavy atom. The van der Waals surface area contributed by atoms with Crippen LogP contribution in [0.4, 0.5) is 13.2 Å². The molecule has 0 bridgehead atoms. The van der Waals surface area contributed by atoms with Crippen molar-refractivity contribution in [1.29, 1.82) is 0 Å². The van der Waals surface area contributed by atoms with Crippen LogP contribution >= 0.6 is 11.8 Å². The molecule has 0 saturated carbocycles. The Kier molecular flexibility index (Phi) is 5.96. The van der Waals surface area contributed by atoms with Crippen LogP contribution in [-0.4, -0.2) is 15.3 Å². The lowest BCUT2D eigenvalue weighted by Crippen LogP contribution is -2.03. The third-order valence-electron chi connectivity index (χ3n) is 5.03. The first-order chi connectivity index (χ1) is 15.2. The van der Waals surface area contributed by atoms with Crippen molar-refractivity contribution in [2.45, 2.75) is 37.1 Å². The molecule has 0 atom stereocenters. The minimum Gasteiger partial charge on any atom is -0.356 e. The van der Waals surface area contributed by atoms with E-state index < -0.39 is 17.5 Å². The van der Waals surface area contributed by atoms with E-state index in [2.05, 4.69) is 19.8 Å². The molecule has 0 unspecified atom stereocenters.